The summed E-state index contributed by atoms with van der Waals surface area (Å²) in [5, 5.41) is 0. The highest BCUT2D eigenvalue weighted by molar-refractivity contribution is 7.26. The van der Waals surface area contributed by atoms with Crippen molar-refractivity contribution in [2.45, 2.75) is 182 Å². The summed E-state index contributed by atoms with van der Waals surface area (Å²) in [6.45, 7) is 11.4. The summed E-state index contributed by atoms with van der Waals surface area (Å²) in [5.74, 6) is 3.13. The Kier molecular flexibility index (Phi) is 25.0. The zero-order valence-electron chi connectivity index (χ0n) is 51.0. The van der Waals surface area contributed by atoms with E-state index < -0.39 is 0 Å². The highest BCUT2D eigenvalue weighted by atomic mass is 32.1. The third-order valence-electron chi connectivity index (χ3n) is 16.1. The minimum atomic E-state index is 0.580. The zero-order chi connectivity index (χ0) is 58.0. The Balaban J connectivity index is 1.41. The number of ether oxygens (including phenoxy) is 4. The number of benzene rings is 4. The lowest BCUT2D eigenvalue weighted by molar-refractivity contribution is 0.264. The molecule has 4 aromatic carbocycles. The Labute approximate surface area is 511 Å². The number of unbranched alkanes of at least 4 members (excludes halogenated alkanes) is 20. The van der Waals surface area contributed by atoms with Crippen LogP contribution in [-0.4, -0.2) is 36.4 Å². The first-order valence-electron chi connectivity index (χ1n) is 32.5. The van der Waals surface area contributed by atoms with Gasteiger partial charge < -0.3 is 18.9 Å². The highest BCUT2D eigenvalue weighted by Gasteiger charge is 2.29. The molecular weight excluding hydrogens is 1070 g/mol. The average Bonchev–Trinajstić information content (AvgIpc) is 2.63. The molecule has 442 valence electrons. The van der Waals surface area contributed by atoms with Crippen molar-refractivity contribution in [1.29, 1.82) is 0 Å². The van der Waals surface area contributed by atoms with Crippen molar-refractivity contribution in [2.24, 2.45) is 0 Å². The monoisotopic (exact) mass is 1160 g/mol. The lowest BCUT2D eigenvalue weighted by Gasteiger charge is -2.13. The number of aromatic nitrogens is 2. The minimum Gasteiger partial charge on any atom is -0.488 e. The third kappa shape index (κ3) is 16.5. The van der Waals surface area contributed by atoms with Gasteiger partial charge in [-0.15, -0.1) is 22.7 Å². The topological polar surface area (TPSA) is 62.7 Å². The Bertz CT molecular complexity index is 2910. The van der Waals surface area contributed by atoms with Gasteiger partial charge in [0.1, 0.15) is 0 Å². The molecule has 0 N–H and O–H groups in total. The molecule has 84 heavy (non-hydrogen) atoms. The molecule has 9 rings (SSSR count). The molecule has 0 radical (unpaired) electrons. The van der Waals surface area contributed by atoms with Crippen LogP contribution in [-0.2, 0) is 0 Å². The van der Waals surface area contributed by atoms with Crippen LogP contribution < -0.4 is 18.9 Å². The van der Waals surface area contributed by atoms with E-state index in [-0.39, 0.29) is 0 Å². The predicted molar refractivity (Wildman–Crippen MR) is 363 cm³/mol. The van der Waals surface area contributed by atoms with Crippen LogP contribution >= 0.6 is 22.7 Å². The molecule has 8 bridgehead atoms. The van der Waals surface area contributed by atoms with Crippen LogP contribution in [0.25, 0.3) is 87.6 Å². The number of rotatable bonds is 36. The highest BCUT2D eigenvalue weighted by Crippen LogP contribution is 2.55. The third-order valence-corrected chi connectivity index (χ3v) is 18.5. The molecule has 3 aromatic heterocycles. The van der Waals surface area contributed by atoms with E-state index in [1.54, 1.807) is 22.7 Å². The maximum Gasteiger partial charge on any atom is 0.180 e. The smallest absolute Gasteiger partial charge is 0.180 e. The van der Waals surface area contributed by atoms with Crippen molar-refractivity contribution in [1.82, 2.24) is 9.97 Å². The Morgan fingerprint density at radius 2 is 0.464 bits per heavy atom. The zero-order valence-corrected chi connectivity index (χ0v) is 52.6. The summed E-state index contributed by atoms with van der Waals surface area (Å²) in [6.07, 6.45) is 36.9. The molecule has 2 aliphatic heterocycles. The van der Waals surface area contributed by atoms with Gasteiger partial charge in [-0.05, 0) is 72.2 Å². The van der Waals surface area contributed by atoms with Crippen molar-refractivity contribution < 1.29 is 18.9 Å². The van der Waals surface area contributed by atoms with E-state index >= 15 is 0 Å². The van der Waals surface area contributed by atoms with Crippen LogP contribution in [0, 0.1) is 0 Å². The molecular formula is C76H92N2O4S2. The Hall–Kier alpha value is -6.48. The molecule has 6 nitrogen and oxygen atoms in total. The molecule has 0 saturated carbocycles. The first kappa shape index (κ1) is 62.1. The SMILES string of the molecule is CCCCCCCCOc1c(OCCCCCCCC)c2sc1c(-c1ccccc1)c1nc(c(-c3ccccc3)c3sc(c(OCCCCCCCC)c3OCCCCCCCC)c(-c3ccccc3)c3nc(c2-c2ccccc2)C=C3)C=C1. The molecule has 0 amide bonds. The van der Waals surface area contributed by atoms with Crippen molar-refractivity contribution in [3.05, 3.63) is 144 Å². The van der Waals surface area contributed by atoms with E-state index in [9.17, 15) is 0 Å². The van der Waals surface area contributed by atoms with Gasteiger partial charge in [-0.3, -0.25) is 0 Å². The fourth-order valence-corrected chi connectivity index (χ4v) is 14.2. The molecule has 0 aliphatic carbocycles. The van der Waals surface area contributed by atoms with Crippen molar-refractivity contribution in [3.8, 4) is 67.5 Å². The normalized spacial score (nSPS) is 11.9. The van der Waals surface area contributed by atoms with E-state index in [1.165, 1.54) is 103 Å². The predicted octanol–water partition coefficient (Wildman–Crippen LogP) is 23.7. The maximum atomic E-state index is 7.32. The van der Waals surface area contributed by atoms with Crippen molar-refractivity contribution >= 4 is 65.8 Å². The van der Waals surface area contributed by atoms with Crippen LogP contribution in [0.5, 0.6) is 23.0 Å². The molecule has 5 heterocycles. The fraction of sp³-hybridized carbons (Fsp3) is 0.421. The van der Waals surface area contributed by atoms with Gasteiger partial charge in [0.2, 0.25) is 0 Å². The van der Waals surface area contributed by atoms with Crippen LogP contribution in [0.2, 0.25) is 0 Å². The molecule has 8 heteroatoms. The molecule has 0 unspecified atom stereocenters. The largest absolute Gasteiger partial charge is 0.488 e. The summed E-state index contributed by atoms with van der Waals surface area (Å²) in [6, 6.07) is 43.3. The molecule has 0 atom stereocenters. The second kappa shape index (κ2) is 33.9. The Morgan fingerprint density at radius 1 is 0.262 bits per heavy atom. The van der Waals surface area contributed by atoms with Gasteiger partial charge in [0, 0.05) is 22.3 Å². The number of thiophene rings is 2. The van der Waals surface area contributed by atoms with E-state index in [2.05, 4.69) is 173 Å². The van der Waals surface area contributed by atoms with Crippen molar-refractivity contribution in [3.63, 3.8) is 0 Å². The summed E-state index contributed by atoms with van der Waals surface area (Å²) in [4.78, 5) is 11.7. The molecule has 0 saturated heterocycles. The van der Waals surface area contributed by atoms with Gasteiger partial charge in [-0.1, -0.05) is 277 Å². The molecule has 0 fully saturated rings. The quantitative estimate of drug-likeness (QED) is 0.0365. The number of hydrogen-bond donors (Lipinski definition) is 0. The summed E-state index contributed by atoms with van der Waals surface area (Å²) >= 11 is 3.49. The molecule has 7 aromatic rings. The van der Waals surface area contributed by atoms with Crippen LogP contribution in [0.4, 0.5) is 0 Å². The second-order valence-corrected chi connectivity index (χ2v) is 24.7. The number of nitrogens with zero attached hydrogens (tertiary/aromatic N) is 2. The summed E-state index contributed by atoms with van der Waals surface area (Å²) in [5.41, 5.74) is 11.8. The molecule has 2 aliphatic rings. The fourth-order valence-electron chi connectivity index (χ4n) is 11.5. The van der Waals surface area contributed by atoms with E-state index in [4.69, 9.17) is 28.9 Å². The maximum absolute atomic E-state index is 7.32. The first-order valence-corrected chi connectivity index (χ1v) is 34.1. The average molecular weight is 1160 g/mol. The lowest BCUT2D eigenvalue weighted by Crippen LogP contribution is -2.02. The number of hydrogen-bond acceptors (Lipinski definition) is 8. The first-order chi connectivity index (χ1) is 41.6. The summed E-state index contributed by atoms with van der Waals surface area (Å²) in [7, 11) is 0. The van der Waals surface area contributed by atoms with Gasteiger partial charge in [-0.25, -0.2) is 9.97 Å². The summed E-state index contributed by atoms with van der Waals surface area (Å²) < 4.78 is 33.3. The minimum absolute atomic E-state index is 0.580. The van der Waals surface area contributed by atoms with Gasteiger partial charge in [-0.2, -0.15) is 0 Å². The van der Waals surface area contributed by atoms with Crippen LogP contribution in [0.3, 0.4) is 0 Å². The van der Waals surface area contributed by atoms with Crippen LogP contribution in [0.1, 0.15) is 205 Å². The van der Waals surface area contributed by atoms with Crippen molar-refractivity contribution in [2.75, 3.05) is 26.4 Å². The van der Waals surface area contributed by atoms with Crippen LogP contribution in [0.15, 0.2) is 121 Å². The second-order valence-electron chi connectivity index (χ2n) is 22.7. The van der Waals surface area contributed by atoms with Gasteiger partial charge in [0.25, 0.3) is 0 Å². The Morgan fingerprint density at radius 3 is 0.679 bits per heavy atom. The van der Waals surface area contributed by atoms with E-state index in [0.717, 1.165) is 160 Å². The van der Waals surface area contributed by atoms with Gasteiger partial charge in [0.15, 0.2) is 23.0 Å². The van der Waals surface area contributed by atoms with Gasteiger partial charge >= 0.3 is 0 Å². The number of fused-ring (bicyclic) bond motifs is 8. The standard InChI is InChI=1S/C76H92N2O4S2/c1-5-9-13-17-21-37-53-79-69-70(80-54-38-22-18-14-10-6-2)74-66(58-43-31-26-32-44-58)62-51-52-64(78-62)68(60-47-35-28-36-48-60)76-72(82-56-40-24-20-16-12-8-4)71(81-55-39-23-19-15-11-7-3)75(84-76)67(59-45-33-27-34-46-59)63-50-49-61(77-63)65(73(69)83-74)57-41-29-25-30-42-57/h25-36,41-52H,5-24,37-40,53-56H2,1-4H3. The van der Waals surface area contributed by atoms with E-state index in [1.807, 2.05) is 0 Å². The lowest BCUT2D eigenvalue weighted by atomic mass is 10.0. The van der Waals surface area contributed by atoms with Gasteiger partial charge in [0.05, 0.1) is 68.0 Å². The molecule has 0 spiro atoms. The van der Waals surface area contributed by atoms with E-state index in [0.29, 0.717) is 26.4 Å².